The van der Waals surface area contributed by atoms with Crippen molar-refractivity contribution in [3.63, 3.8) is 0 Å². The normalized spacial score (nSPS) is 30.8. The van der Waals surface area contributed by atoms with E-state index in [9.17, 15) is 4.79 Å². The van der Waals surface area contributed by atoms with Crippen molar-refractivity contribution in [2.75, 3.05) is 13.1 Å². The topological polar surface area (TPSA) is 43.6 Å². The van der Waals surface area contributed by atoms with Gasteiger partial charge in [-0.1, -0.05) is 24.3 Å². The van der Waals surface area contributed by atoms with Crippen LogP contribution in [0.2, 0.25) is 0 Å². The van der Waals surface area contributed by atoms with Crippen LogP contribution in [0, 0.1) is 17.8 Å². The fraction of sp³-hybridized carbons (Fsp3) is 0.478. The quantitative estimate of drug-likeness (QED) is 0.656. The molecule has 27 heavy (non-hydrogen) atoms. The molecule has 3 saturated heterocycles. The Morgan fingerprint density at radius 1 is 1.26 bits per heavy atom. The van der Waals surface area contributed by atoms with Crippen molar-refractivity contribution in [3.8, 4) is 0 Å². The monoisotopic (exact) mass is 363 g/mol. The zero-order valence-corrected chi connectivity index (χ0v) is 15.6. The number of hydrogen-bond donors (Lipinski definition) is 1. The molecule has 1 unspecified atom stereocenters. The van der Waals surface area contributed by atoms with Crippen molar-refractivity contribution in [1.29, 1.82) is 0 Å². The number of benzene rings is 1. The van der Waals surface area contributed by atoms with Crippen LogP contribution in [0.5, 0.6) is 0 Å². The van der Waals surface area contributed by atoms with E-state index >= 15 is 0 Å². The SMILES string of the molecule is C=C[C@H]1C[NH+]2CC[C@@H]1C[C@@H]2[C@@H](OC(=O)C1CC1)c1ccnc2ccccc12. The Balaban J connectivity index is 1.53. The van der Waals surface area contributed by atoms with E-state index in [1.165, 1.54) is 13.0 Å². The van der Waals surface area contributed by atoms with Crippen LogP contribution in [0.25, 0.3) is 10.9 Å². The summed E-state index contributed by atoms with van der Waals surface area (Å²) >= 11 is 0. The van der Waals surface area contributed by atoms with Crippen molar-refractivity contribution in [1.82, 2.24) is 4.98 Å². The predicted molar refractivity (Wildman–Crippen MR) is 104 cm³/mol. The third-order valence-electron chi connectivity index (χ3n) is 6.83. The van der Waals surface area contributed by atoms with E-state index in [4.69, 9.17) is 4.74 Å². The maximum Gasteiger partial charge on any atom is 0.309 e. The zero-order chi connectivity index (χ0) is 18.4. The lowest BCUT2D eigenvalue weighted by Crippen LogP contribution is -3.20. The second-order valence-corrected chi connectivity index (χ2v) is 8.45. The summed E-state index contributed by atoms with van der Waals surface area (Å²) in [6.45, 7) is 6.32. The van der Waals surface area contributed by atoms with Gasteiger partial charge in [0, 0.05) is 35.9 Å². The number of ether oxygens (including phenoxy) is 1. The fourth-order valence-electron chi connectivity index (χ4n) is 5.16. The van der Waals surface area contributed by atoms with Crippen LogP contribution in [0.4, 0.5) is 0 Å². The van der Waals surface area contributed by atoms with Gasteiger partial charge in [-0.2, -0.15) is 0 Å². The Bertz CT molecular complexity index is 870. The Morgan fingerprint density at radius 3 is 2.85 bits per heavy atom. The lowest BCUT2D eigenvalue weighted by molar-refractivity contribution is -0.949. The van der Waals surface area contributed by atoms with Gasteiger partial charge in [0.2, 0.25) is 0 Å². The number of hydrogen-bond acceptors (Lipinski definition) is 3. The van der Waals surface area contributed by atoms with E-state index in [-0.39, 0.29) is 18.0 Å². The fourth-order valence-corrected chi connectivity index (χ4v) is 5.16. The summed E-state index contributed by atoms with van der Waals surface area (Å²) < 4.78 is 6.22. The molecule has 1 aromatic heterocycles. The highest BCUT2D eigenvalue weighted by Gasteiger charge is 2.48. The number of piperidine rings is 3. The first-order valence-corrected chi connectivity index (χ1v) is 10.3. The first kappa shape index (κ1) is 16.9. The van der Waals surface area contributed by atoms with Crippen LogP contribution in [-0.2, 0) is 9.53 Å². The molecule has 4 fully saturated rings. The predicted octanol–water partition coefficient (Wildman–Crippen LogP) is 2.71. The first-order valence-electron chi connectivity index (χ1n) is 10.3. The lowest BCUT2D eigenvalue weighted by atomic mass is 9.73. The number of aromatic nitrogens is 1. The van der Waals surface area contributed by atoms with E-state index in [1.54, 1.807) is 4.90 Å². The van der Waals surface area contributed by atoms with Crippen molar-refractivity contribution >= 4 is 16.9 Å². The van der Waals surface area contributed by atoms with Crippen molar-refractivity contribution < 1.29 is 14.4 Å². The summed E-state index contributed by atoms with van der Waals surface area (Å²) in [5, 5.41) is 1.11. The number of nitrogens with zero attached hydrogens (tertiary/aromatic N) is 1. The molecule has 1 saturated carbocycles. The van der Waals surface area contributed by atoms with Gasteiger partial charge in [0.05, 0.1) is 24.5 Å². The summed E-state index contributed by atoms with van der Waals surface area (Å²) in [4.78, 5) is 18.7. The second-order valence-electron chi connectivity index (χ2n) is 8.45. The first-order chi connectivity index (χ1) is 13.2. The highest BCUT2D eigenvalue weighted by Crippen LogP contribution is 2.38. The smallest absolute Gasteiger partial charge is 0.309 e. The summed E-state index contributed by atoms with van der Waals surface area (Å²) in [5.74, 6) is 1.37. The summed E-state index contributed by atoms with van der Waals surface area (Å²) in [6, 6.07) is 10.6. The molecule has 0 radical (unpaired) electrons. The molecule has 6 rings (SSSR count). The number of esters is 1. The van der Waals surface area contributed by atoms with E-state index in [0.29, 0.717) is 17.9 Å². The van der Waals surface area contributed by atoms with Crippen molar-refractivity contribution in [2.24, 2.45) is 17.8 Å². The number of carbonyl (C=O) groups excluding carboxylic acids is 1. The zero-order valence-electron chi connectivity index (χ0n) is 15.6. The Hall–Kier alpha value is -2.20. The number of rotatable bonds is 5. The Labute approximate surface area is 160 Å². The maximum absolute atomic E-state index is 12.6. The average molecular weight is 363 g/mol. The molecule has 5 atom stereocenters. The molecule has 3 aliphatic heterocycles. The molecule has 1 N–H and O–H groups in total. The van der Waals surface area contributed by atoms with Gasteiger partial charge in [-0.05, 0) is 30.9 Å². The van der Waals surface area contributed by atoms with Gasteiger partial charge in [-0.25, -0.2) is 0 Å². The van der Waals surface area contributed by atoms with Gasteiger partial charge in [0.25, 0.3) is 0 Å². The number of para-hydroxylation sites is 1. The minimum atomic E-state index is -0.186. The standard InChI is InChI=1S/C23H26N2O2/c1-2-15-14-25-12-10-17(15)13-21(25)22(27-23(26)16-7-8-16)19-9-11-24-20-6-4-3-5-18(19)20/h2-6,9,11,15-17,21-22H,1,7-8,10,12-14H2/p+1/t15-,17+,21+,22-/m0/s1. The highest BCUT2D eigenvalue weighted by atomic mass is 16.5. The second kappa shape index (κ2) is 6.75. The summed E-state index contributed by atoms with van der Waals surface area (Å²) in [6.07, 6.45) is 8.11. The Kier molecular flexibility index (Phi) is 4.24. The van der Waals surface area contributed by atoms with Gasteiger partial charge in [-0.3, -0.25) is 9.78 Å². The average Bonchev–Trinajstić information content (AvgIpc) is 3.57. The summed E-state index contributed by atoms with van der Waals surface area (Å²) in [5.41, 5.74) is 2.09. The lowest BCUT2D eigenvalue weighted by Gasteiger charge is -2.48. The van der Waals surface area contributed by atoms with Crippen LogP contribution >= 0.6 is 0 Å². The molecule has 1 aromatic carbocycles. The van der Waals surface area contributed by atoms with Crippen LogP contribution in [-0.4, -0.2) is 30.1 Å². The molecule has 1 aliphatic carbocycles. The van der Waals surface area contributed by atoms with Gasteiger partial charge < -0.3 is 9.64 Å². The number of fused-ring (bicyclic) bond motifs is 4. The molecule has 0 amide bonds. The number of quaternary nitrogens is 1. The maximum atomic E-state index is 12.6. The molecule has 140 valence electrons. The molecule has 4 heterocycles. The van der Waals surface area contributed by atoms with Crippen LogP contribution in [0.15, 0.2) is 49.2 Å². The molecule has 4 heteroatoms. The number of pyridine rings is 1. The molecular formula is C23H27N2O2+. The molecule has 2 aromatic rings. The molecule has 0 spiro atoms. The minimum absolute atomic E-state index is 0.0109. The van der Waals surface area contributed by atoms with Gasteiger partial charge >= 0.3 is 5.97 Å². The Morgan fingerprint density at radius 2 is 2.11 bits per heavy atom. The molecule has 4 aliphatic rings. The summed E-state index contributed by atoms with van der Waals surface area (Å²) in [7, 11) is 0. The van der Waals surface area contributed by atoms with E-state index in [1.807, 2.05) is 24.4 Å². The molecular weight excluding hydrogens is 336 g/mol. The van der Waals surface area contributed by atoms with E-state index in [0.717, 1.165) is 42.3 Å². The van der Waals surface area contributed by atoms with Crippen LogP contribution in [0.1, 0.15) is 37.4 Å². The van der Waals surface area contributed by atoms with Crippen LogP contribution < -0.4 is 4.90 Å². The third kappa shape index (κ3) is 3.06. The van der Waals surface area contributed by atoms with E-state index < -0.39 is 0 Å². The van der Waals surface area contributed by atoms with Crippen molar-refractivity contribution in [3.05, 3.63) is 54.7 Å². The largest absolute Gasteiger partial charge is 0.451 e. The van der Waals surface area contributed by atoms with Crippen molar-refractivity contribution in [2.45, 2.75) is 37.8 Å². The van der Waals surface area contributed by atoms with Gasteiger partial charge in [0.1, 0.15) is 6.04 Å². The minimum Gasteiger partial charge on any atom is -0.451 e. The van der Waals surface area contributed by atoms with E-state index in [2.05, 4.69) is 29.8 Å². The van der Waals surface area contributed by atoms with Gasteiger partial charge in [0.15, 0.2) is 6.10 Å². The third-order valence-corrected chi connectivity index (χ3v) is 6.83. The number of carbonyl (C=O) groups is 1. The van der Waals surface area contributed by atoms with Gasteiger partial charge in [-0.15, -0.1) is 6.58 Å². The van der Waals surface area contributed by atoms with Crippen LogP contribution in [0.3, 0.4) is 0 Å². The molecule has 2 bridgehead atoms. The highest BCUT2D eigenvalue weighted by molar-refractivity contribution is 5.83. The molecule has 4 nitrogen and oxygen atoms in total. The number of nitrogens with one attached hydrogen (secondary N) is 1.